The van der Waals surface area contributed by atoms with E-state index in [9.17, 15) is 4.79 Å². The molecule has 0 saturated carbocycles. The van der Waals surface area contributed by atoms with E-state index >= 15 is 0 Å². The molecule has 7 heteroatoms. The second-order valence-electron chi connectivity index (χ2n) is 4.71. The topological polar surface area (TPSA) is 73.3 Å². The van der Waals surface area contributed by atoms with E-state index in [2.05, 4.69) is 15.3 Å². The molecule has 23 heavy (non-hydrogen) atoms. The highest BCUT2D eigenvalue weighted by atomic mass is 35.5. The molecule has 6 nitrogen and oxygen atoms in total. The lowest BCUT2D eigenvalue weighted by Gasteiger charge is -2.12. The van der Waals surface area contributed by atoms with Gasteiger partial charge in [-0.15, -0.1) is 0 Å². The fourth-order valence-corrected chi connectivity index (χ4v) is 2.10. The van der Waals surface area contributed by atoms with Crippen molar-refractivity contribution in [2.24, 2.45) is 0 Å². The van der Waals surface area contributed by atoms with Crippen molar-refractivity contribution in [2.45, 2.75) is 19.9 Å². The number of methoxy groups -OCH3 is 1. The minimum absolute atomic E-state index is 0.115. The maximum atomic E-state index is 12.4. The first-order chi connectivity index (χ1) is 11.2. The summed E-state index contributed by atoms with van der Waals surface area (Å²) in [7, 11) is 1.55. The standard InChI is InChI=1S/C16H18ClN3O3/c1-3-8-23-12-6-7-18-15(17)14(12)16(21)20-10-11-4-5-13(22-2)19-9-11/h4-7,9H,3,8,10H2,1-2H3,(H,20,21). The van der Waals surface area contributed by atoms with Crippen LogP contribution in [0.4, 0.5) is 0 Å². The van der Waals surface area contributed by atoms with Gasteiger partial charge in [0.15, 0.2) is 0 Å². The number of nitrogens with zero attached hydrogens (tertiary/aromatic N) is 2. The van der Waals surface area contributed by atoms with Gasteiger partial charge < -0.3 is 14.8 Å². The Kier molecular flexibility index (Phi) is 6.17. The van der Waals surface area contributed by atoms with E-state index < -0.39 is 0 Å². The van der Waals surface area contributed by atoms with Gasteiger partial charge in [0.2, 0.25) is 5.88 Å². The number of carbonyl (C=O) groups is 1. The lowest BCUT2D eigenvalue weighted by Crippen LogP contribution is -2.24. The fraction of sp³-hybridized carbons (Fsp3) is 0.312. The summed E-state index contributed by atoms with van der Waals surface area (Å²) in [5.41, 5.74) is 1.08. The molecule has 2 rings (SSSR count). The highest BCUT2D eigenvalue weighted by Crippen LogP contribution is 2.24. The van der Waals surface area contributed by atoms with Crippen LogP contribution in [0.25, 0.3) is 0 Å². The summed E-state index contributed by atoms with van der Waals surface area (Å²) in [4.78, 5) is 20.4. The van der Waals surface area contributed by atoms with Gasteiger partial charge in [-0.25, -0.2) is 9.97 Å². The first-order valence-corrected chi connectivity index (χ1v) is 7.58. The van der Waals surface area contributed by atoms with Gasteiger partial charge in [0.1, 0.15) is 16.5 Å². The Bertz CT molecular complexity index is 662. The first kappa shape index (κ1) is 17.0. The van der Waals surface area contributed by atoms with Crippen LogP contribution in [0.15, 0.2) is 30.6 Å². The van der Waals surface area contributed by atoms with Crippen molar-refractivity contribution in [3.05, 3.63) is 46.9 Å². The summed E-state index contributed by atoms with van der Waals surface area (Å²) < 4.78 is 10.5. The van der Waals surface area contributed by atoms with Crippen LogP contribution in [0.2, 0.25) is 5.15 Å². The summed E-state index contributed by atoms with van der Waals surface area (Å²) in [6.07, 6.45) is 3.98. The number of halogens is 1. The van der Waals surface area contributed by atoms with Gasteiger partial charge in [-0.05, 0) is 18.1 Å². The zero-order chi connectivity index (χ0) is 16.7. The van der Waals surface area contributed by atoms with E-state index in [4.69, 9.17) is 21.1 Å². The average Bonchev–Trinajstić information content (AvgIpc) is 2.58. The minimum atomic E-state index is -0.343. The molecule has 0 aliphatic carbocycles. The predicted molar refractivity (Wildman–Crippen MR) is 87.0 cm³/mol. The van der Waals surface area contributed by atoms with E-state index in [-0.39, 0.29) is 16.6 Å². The molecule has 0 radical (unpaired) electrons. The second kappa shape index (κ2) is 8.33. The normalized spacial score (nSPS) is 10.2. The van der Waals surface area contributed by atoms with Crippen LogP contribution >= 0.6 is 11.6 Å². The molecule has 122 valence electrons. The predicted octanol–water partition coefficient (Wildman–Crippen LogP) is 2.86. The smallest absolute Gasteiger partial charge is 0.258 e. The lowest BCUT2D eigenvalue weighted by atomic mass is 10.2. The summed E-state index contributed by atoms with van der Waals surface area (Å²) >= 11 is 6.04. The summed E-state index contributed by atoms with van der Waals surface area (Å²) in [6.45, 7) is 2.80. The molecule has 1 N–H and O–H groups in total. The highest BCUT2D eigenvalue weighted by Gasteiger charge is 2.17. The summed E-state index contributed by atoms with van der Waals surface area (Å²) in [5, 5.41) is 2.90. The van der Waals surface area contributed by atoms with Crippen LogP contribution in [-0.4, -0.2) is 29.6 Å². The Morgan fingerprint density at radius 3 is 2.78 bits per heavy atom. The van der Waals surface area contributed by atoms with Crippen LogP contribution in [-0.2, 0) is 6.54 Å². The van der Waals surface area contributed by atoms with Gasteiger partial charge in [-0.3, -0.25) is 4.79 Å². The summed E-state index contributed by atoms with van der Waals surface area (Å²) in [6, 6.07) is 5.19. The lowest BCUT2D eigenvalue weighted by molar-refractivity contribution is 0.0946. The van der Waals surface area contributed by atoms with E-state index in [1.54, 1.807) is 25.4 Å². The molecule has 0 saturated heterocycles. The number of hydrogen-bond acceptors (Lipinski definition) is 5. The molecule has 0 atom stereocenters. The first-order valence-electron chi connectivity index (χ1n) is 7.20. The van der Waals surface area contributed by atoms with Crippen molar-refractivity contribution >= 4 is 17.5 Å². The largest absolute Gasteiger partial charge is 0.493 e. The van der Waals surface area contributed by atoms with Crippen LogP contribution in [0.5, 0.6) is 11.6 Å². The van der Waals surface area contributed by atoms with Crippen LogP contribution in [0.3, 0.4) is 0 Å². The Balaban J connectivity index is 2.07. The van der Waals surface area contributed by atoms with E-state index in [0.29, 0.717) is 24.8 Å². The third-order valence-corrected chi connectivity index (χ3v) is 3.30. The molecule has 0 unspecified atom stereocenters. The number of aromatic nitrogens is 2. The maximum absolute atomic E-state index is 12.4. The molecular weight excluding hydrogens is 318 g/mol. The van der Waals surface area contributed by atoms with E-state index in [1.165, 1.54) is 6.20 Å². The molecule has 0 spiro atoms. The number of rotatable bonds is 7. The van der Waals surface area contributed by atoms with Crippen LogP contribution in [0.1, 0.15) is 29.3 Å². The Labute approximate surface area is 139 Å². The molecule has 0 bridgehead atoms. The van der Waals surface area contributed by atoms with Crippen LogP contribution < -0.4 is 14.8 Å². The second-order valence-corrected chi connectivity index (χ2v) is 5.07. The Hall–Kier alpha value is -2.34. The molecule has 0 fully saturated rings. The zero-order valence-electron chi connectivity index (χ0n) is 13.0. The fourth-order valence-electron chi connectivity index (χ4n) is 1.86. The molecule has 0 aromatic carbocycles. The van der Waals surface area contributed by atoms with E-state index in [0.717, 1.165) is 12.0 Å². The van der Waals surface area contributed by atoms with Crippen molar-refractivity contribution in [1.29, 1.82) is 0 Å². The Morgan fingerprint density at radius 2 is 2.13 bits per heavy atom. The third-order valence-electron chi connectivity index (χ3n) is 3.02. The molecule has 0 aliphatic rings. The minimum Gasteiger partial charge on any atom is -0.493 e. The molecule has 1 amide bonds. The monoisotopic (exact) mass is 335 g/mol. The zero-order valence-corrected chi connectivity index (χ0v) is 13.8. The number of nitrogens with one attached hydrogen (secondary N) is 1. The van der Waals surface area contributed by atoms with Crippen molar-refractivity contribution in [3.8, 4) is 11.6 Å². The molecule has 2 aromatic heterocycles. The molecule has 2 heterocycles. The van der Waals surface area contributed by atoms with Gasteiger partial charge in [-0.1, -0.05) is 24.6 Å². The average molecular weight is 336 g/mol. The van der Waals surface area contributed by atoms with Crippen molar-refractivity contribution in [2.75, 3.05) is 13.7 Å². The number of pyridine rings is 2. The van der Waals surface area contributed by atoms with Gasteiger partial charge >= 0.3 is 0 Å². The molecule has 2 aromatic rings. The summed E-state index contributed by atoms with van der Waals surface area (Å²) in [5.74, 6) is 0.604. The van der Waals surface area contributed by atoms with Crippen LogP contribution in [0, 0.1) is 0 Å². The third kappa shape index (κ3) is 4.56. The Morgan fingerprint density at radius 1 is 1.30 bits per heavy atom. The van der Waals surface area contributed by atoms with Gasteiger partial charge in [-0.2, -0.15) is 0 Å². The van der Waals surface area contributed by atoms with Crippen molar-refractivity contribution < 1.29 is 14.3 Å². The molecule has 0 aliphatic heterocycles. The van der Waals surface area contributed by atoms with Gasteiger partial charge in [0.05, 0.1) is 13.7 Å². The number of amides is 1. The SMILES string of the molecule is CCCOc1ccnc(Cl)c1C(=O)NCc1ccc(OC)nc1. The number of hydrogen-bond donors (Lipinski definition) is 1. The van der Waals surface area contributed by atoms with E-state index in [1.807, 2.05) is 13.0 Å². The quantitative estimate of drug-likeness (QED) is 0.788. The van der Waals surface area contributed by atoms with Crippen molar-refractivity contribution in [1.82, 2.24) is 15.3 Å². The number of carbonyl (C=O) groups excluding carboxylic acids is 1. The van der Waals surface area contributed by atoms with Gasteiger partial charge in [0.25, 0.3) is 5.91 Å². The molecular formula is C16H18ClN3O3. The number of ether oxygens (including phenoxy) is 2. The van der Waals surface area contributed by atoms with Gasteiger partial charge in [0, 0.05) is 25.0 Å². The van der Waals surface area contributed by atoms with Crippen molar-refractivity contribution in [3.63, 3.8) is 0 Å². The highest BCUT2D eigenvalue weighted by molar-refractivity contribution is 6.33. The maximum Gasteiger partial charge on any atom is 0.258 e.